The van der Waals surface area contributed by atoms with Crippen LogP contribution in [0.1, 0.15) is 11.5 Å². The summed E-state index contributed by atoms with van der Waals surface area (Å²) in [5.41, 5.74) is 0.531. The van der Waals surface area contributed by atoms with Crippen molar-refractivity contribution in [1.29, 1.82) is 0 Å². The van der Waals surface area contributed by atoms with Crippen molar-refractivity contribution in [3.63, 3.8) is 0 Å². The van der Waals surface area contributed by atoms with Gasteiger partial charge in [0.05, 0.1) is 4.91 Å². The van der Waals surface area contributed by atoms with E-state index in [2.05, 4.69) is 5.32 Å². The standard InChI is InChI=1S/C17H13ClN2O4S/c1-10-2-7-13(24-10)8-14-16(22)20(17(23)25-14)9-15(21)19-12-5-3-11(18)4-6-12/h2-8H,9H2,1H3,(H,19,21)/b14-8+. The number of carbonyl (C=O) groups is 3. The number of amides is 3. The van der Waals surface area contributed by atoms with E-state index in [4.69, 9.17) is 16.0 Å². The minimum absolute atomic E-state index is 0.221. The van der Waals surface area contributed by atoms with Crippen molar-refractivity contribution < 1.29 is 18.8 Å². The molecular weight excluding hydrogens is 364 g/mol. The van der Waals surface area contributed by atoms with Crippen LogP contribution in [0.5, 0.6) is 0 Å². The van der Waals surface area contributed by atoms with Crippen LogP contribution in [0.2, 0.25) is 5.02 Å². The maximum Gasteiger partial charge on any atom is 0.294 e. The number of imide groups is 1. The Morgan fingerprint density at radius 1 is 1.24 bits per heavy atom. The fraction of sp³-hybridized carbons (Fsp3) is 0.118. The van der Waals surface area contributed by atoms with E-state index in [1.807, 2.05) is 0 Å². The van der Waals surface area contributed by atoms with Crippen LogP contribution in [0.25, 0.3) is 6.08 Å². The highest BCUT2D eigenvalue weighted by Gasteiger charge is 2.36. The van der Waals surface area contributed by atoms with E-state index in [1.165, 1.54) is 6.08 Å². The monoisotopic (exact) mass is 376 g/mol. The van der Waals surface area contributed by atoms with E-state index in [1.54, 1.807) is 43.3 Å². The van der Waals surface area contributed by atoms with Crippen molar-refractivity contribution in [2.75, 3.05) is 11.9 Å². The van der Waals surface area contributed by atoms with Gasteiger partial charge >= 0.3 is 0 Å². The van der Waals surface area contributed by atoms with Crippen molar-refractivity contribution in [1.82, 2.24) is 4.90 Å². The van der Waals surface area contributed by atoms with Gasteiger partial charge in [-0.3, -0.25) is 19.3 Å². The van der Waals surface area contributed by atoms with Gasteiger partial charge in [0.25, 0.3) is 11.1 Å². The van der Waals surface area contributed by atoms with Crippen molar-refractivity contribution in [3.8, 4) is 0 Å². The molecule has 8 heteroatoms. The molecule has 2 heterocycles. The van der Waals surface area contributed by atoms with Crippen molar-refractivity contribution >= 4 is 52.2 Å². The molecule has 0 atom stereocenters. The first-order chi connectivity index (χ1) is 11.9. The first kappa shape index (κ1) is 17.3. The topological polar surface area (TPSA) is 79.6 Å². The SMILES string of the molecule is Cc1ccc(/C=C2/SC(=O)N(CC(=O)Nc3ccc(Cl)cc3)C2=O)o1. The molecule has 1 aliphatic heterocycles. The first-order valence-electron chi connectivity index (χ1n) is 7.29. The zero-order chi connectivity index (χ0) is 18.0. The number of hydrogen-bond acceptors (Lipinski definition) is 5. The summed E-state index contributed by atoms with van der Waals surface area (Å²) in [5, 5.41) is 2.66. The van der Waals surface area contributed by atoms with Crippen molar-refractivity contribution in [2.45, 2.75) is 6.92 Å². The Bertz CT molecular complexity index is 873. The minimum atomic E-state index is -0.518. The van der Waals surface area contributed by atoms with E-state index in [-0.39, 0.29) is 11.4 Å². The molecule has 1 aromatic carbocycles. The maximum absolute atomic E-state index is 12.3. The molecule has 0 spiro atoms. The van der Waals surface area contributed by atoms with Gasteiger partial charge in [0, 0.05) is 16.8 Å². The van der Waals surface area contributed by atoms with Crippen LogP contribution in [-0.2, 0) is 9.59 Å². The lowest BCUT2D eigenvalue weighted by molar-refractivity contribution is -0.127. The number of thioether (sulfide) groups is 1. The maximum atomic E-state index is 12.3. The van der Waals surface area contributed by atoms with E-state index in [9.17, 15) is 14.4 Å². The van der Waals surface area contributed by atoms with E-state index >= 15 is 0 Å². The Morgan fingerprint density at radius 2 is 1.96 bits per heavy atom. The van der Waals surface area contributed by atoms with Gasteiger partial charge in [-0.2, -0.15) is 0 Å². The Hall–Kier alpha value is -2.51. The summed E-state index contributed by atoms with van der Waals surface area (Å²) >= 11 is 6.56. The van der Waals surface area contributed by atoms with Crippen molar-refractivity contribution in [2.24, 2.45) is 0 Å². The van der Waals surface area contributed by atoms with Crippen LogP contribution >= 0.6 is 23.4 Å². The molecule has 1 aromatic heterocycles. The van der Waals surface area contributed by atoms with Gasteiger partial charge in [-0.1, -0.05) is 11.6 Å². The van der Waals surface area contributed by atoms with E-state index < -0.39 is 17.1 Å². The molecule has 0 unspecified atom stereocenters. The number of furan rings is 1. The first-order valence-corrected chi connectivity index (χ1v) is 8.49. The molecule has 0 bridgehead atoms. The van der Waals surface area contributed by atoms with Gasteiger partial charge in [-0.15, -0.1) is 0 Å². The normalized spacial score (nSPS) is 15.9. The van der Waals surface area contributed by atoms with E-state index in [0.29, 0.717) is 22.2 Å². The lowest BCUT2D eigenvalue weighted by atomic mass is 10.3. The number of anilines is 1. The number of halogens is 1. The second-order valence-corrected chi connectivity index (χ2v) is 6.70. The second kappa shape index (κ2) is 7.16. The molecule has 6 nitrogen and oxygen atoms in total. The van der Waals surface area contributed by atoms with Gasteiger partial charge < -0.3 is 9.73 Å². The number of hydrogen-bond donors (Lipinski definition) is 1. The zero-order valence-electron chi connectivity index (χ0n) is 13.1. The predicted molar refractivity (Wildman–Crippen MR) is 96.2 cm³/mol. The number of benzene rings is 1. The van der Waals surface area contributed by atoms with Crippen LogP contribution in [0, 0.1) is 6.92 Å². The lowest BCUT2D eigenvalue weighted by Gasteiger charge is -2.12. The molecule has 25 heavy (non-hydrogen) atoms. The highest BCUT2D eigenvalue weighted by molar-refractivity contribution is 8.18. The molecular formula is C17H13ClN2O4S. The summed E-state index contributed by atoms with van der Waals surface area (Å²) in [7, 11) is 0. The third kappa shape index (κ3) is 4.12. The largest absolute Gasteiger partial charge is 0.462 e. The molecule has 3 rings (SSSR count). The molecule has 1 aliphatic rings. The Balaban J connectivity index is 1.67. The Kier molecular flexibility index (Phi) is 4.96. The van der Waals surface area contributed by atoms with Gasteiger partial charge in [0.1, 0.15) is 18.1 Å². The molecule has 1 saturated heterocycles. The fourth-order valence-corrected chi connectivity index (χ4v) is 3.12. The molecule has 2 aromatic rings. The molecule has 128 valence electrons. The fourth-order valence-electron chi connectivity index (χ4n) is 2.17. The molecule has 1 fully saturated rings. The third-order valence-electron chi connectivity index (χ3n) is 3.34. The number of nitrogens with one attached hydrogen (secondary N) is 1. The second-order valence-electron chi connectivity index (χ2n) is 5.27. The van der Waals surface area contributed by atoms with Gasteiger partial charge in [-0.25, -0.2) is 0 Å². The smallest absolute Gasteiger partial charge is 0.294 e. The quantitative estimate of drug-likeness (QED) is 0.818. The van der Waals surface area contributed by atoms with Gasteiger partial charge in [0.2, 0.25) is 5.91 Å². The molecule has 0 saturated carbocycles. The van der Waals surface area contributed by atoms with Crippen LogP contribution in [-0.4, -0.2) is 28.5 Å². The average molecular weight is 377 g/mol. The predicted octanol–water partition coefficient (Wildman–Crippen LogP) is 3.92. The molecule has 3 amide bonds. The highest BCUT2D eigenvalue weighted by Crippen LogP contribution is 2.32. The summed E-state index contributed by atoms with van der Waals surface area (Å²) in [6.45, 7) is 1.42. The third-order valence-corrected chi connectivity index (χ3v) is 4.50. The number of aryl methyl sites for hydroxylation is 1. The molecule has 0 radical (unpaired) electrons. The summed E-state index contributed by atoms with van der Waals surface area (Å²) in [6, 6.07) is 9.99. The summed E-state index contributed by atoms with van der Waals surface area (Å²) in [6.07, 6.45) is 1.50. The summed E-state index contributed by atoms with van der Waals surface area (Å²) in [4.78, 5) is 37.6. The average Bonchev–Trinajstić information content (AvgIpc) is 3.08. The van der Waals surface area contributed by atoms with Crippen LogP contribution in [0.3, 0.4) is 0 Å². The number of rotatable bonds is 4. The van der Waals surface area contributed by atoms with Crippen LogP contribution in [0.15, 0.2) is 45.7 Å². The Labute approximate surface area is 152 Å². The lowest BCUT2D eigenvalue weighted by Crippen LogP contribution is -2.36. The molecule has 1 N–H and O–H groups in total. The van der Waals surface area contributed by atoms with Crippen LogP contribution < -0.4 is 5.32 Å². The van der Waals surface area contributed by atoms with Crippen molar-refractivity contribution in [3.05, 3.63) is 57.8 Å². The number of carbonyl (C=O) groups excluding carboxylic acids is 3. The van der Waals surface area contributed by atoms with Crippen LogP contribution in [0.4, 0.5) is 10.5 Å². The zero-order valence-corrected chi connectivity index (χ0v) is 14.7. The Morgan fingerprint density at radius 3 is 2.60 bits per heavy atom. The van der Waals surface area contributed by atoms with Gasteiger partial charge in [-0.05, 0) is 55.1 Å². The summed E-state index contributed by atoms with van der Waals surface area (Å²) in [5.74, 6) is 0.191. The summed E-state index contributed by atoms with van der Waals surface area (Å²) < 4.78 is 5.37. The number of nitrogens with zero attached hydrogens (tertiary/aromatic N) is 1. The highest BCUT2D eigenvalue weighted by atomic mass is 35.5. The minimum Gasteiger partial charge on any atom is -0.462 e. The van der Waals surface area contributed by atoms with Gasteiger partial charge in [0.15, 0.2) is 0 Å². The molecule has 0 aliphatic carbocycles. The van der Waals surface area contributed by atoms with E-state index in [0.717, 1.165) is 16.7 Å².